The highest BCUT2D eigenvalue weighted by molar-refractivity contribution is 7.99. The highest BCUT2D eigenvalue weighted by atomic mass is 32.2. The summed E-state index contributed by atoms with van der Waals surface area (Å²) in [5.74, 6) is -0.715. The lowest BCUT2D eigenvalue weighted by atomic mass is 10.2. The standard InChI is InChI=1S/C18H20N4O6S/c1-10-5-3-4-6-12(10)28-8-11(23)7-22-14-15(19-18(22)29-9-13(24)25)21(2)17(27)20-16(14)26/h3-6,11,23H,7-9H2,1-2H3,(H,24,25)(H,20,26,27)/t11-/m1/s1. The molecule has 154 valence electrons. The third-order valence-electron chi connectivity index (χ3n) is 4.21. The van der Waals surface area contributed by atoms with E-state index in [0.29, 0.717) is 5.75 Å². The third kappa shape index (κ3) is 4.51. The number of nitrogens with one attached hydrogen (secondary N) is 1. The van der Waals surface area contributed by atoms with Gasteiger partial charge in [0.25, 0.3) is 5.56 Å². The van der Waals surface area contributed by atoms with Crippen molar-refractivity contribution in [3.8, 4) is 5.75 Å². The molecule has 2 heterocycles. The predicted octanol–water partition coefficient (Wildman–Crippen LogP) is 0.348. The van der Waals surface area contributed by atoms with Crippen LogP contribution in [0.3, 0.4) is 0 Å². The van der Waals surface area contributed by atoms with Crippen LogP contribution in [0.15, 0.2) is 39.0 Å². The van der Waals surface area contributed by atoms with Gasteiger partial charge in [0.2, 0.25) is 0 Å². The highest BCUT2D eigenvalue weighted by Gasteiger charge is 2.21. The maximum absolute atomic E-state index is 12.4. The van der Waals surface area contributed by atoms with Crippen LogP contribution in [0.25, 0.3) is 11.2 Å². The summed E-state index contributed by atoms with van der Waals surface area (Å²) >= 11 is 0.895. The smallest absolute Gasteiger partial charge is 0.329 e. The van der Waals surface area contributed by atoms with E-state index in [1.807, 2.05) is 25.1 Å². The lowest BCUT2D eigenvalue weighted by Crippen LogP contribution is -2.30. The molecule has 0 saturated heterocycles. The molecule has 0 aliphatic heterocycles. The van der Waals surface area contributed by atoms with Gasteiger partial charge >= 0.3 is 11.7 Å². The van der Waals surface area contributed by atoms with Crippen molar-refractivity contribution >= 4 is 28.9 Å². The molecule has 0 radical (unpaired) electrons. The summed E-state index contributed by atoms with van der Waals surface area (Å²) in [6, 6.07) is 7.35. The number of imidazole rings is 1. The molecule has 3 aromatic rings. The number of fused-ring (bicyclic) bond motifs is 1. The van der Waals surface area contributed by atoms with Crippen molar-refractivity contribution in [2.75, 3.05) is 12.4 Å². The van der Waals surface area contributed by atoms with Gasteiger partial charge in [0, 0.05) is 7.05 Å². The molecule has 0 spiro atoms. The van der Waals surface area contributed by atoms with Gasteiger partial charge in [0.05, 0.1) is 12.3 Å². The number of nitrogens with zero attached hydrogens (tertiary/aromatic N) is 3. The number of para-hydroxylation sites is 1. The van der Waals surface area contributed by atoms with Crippen LogP contribution < -0.4 is 16.0 Å². The Balaban J connectivity index is 1.91. The Morgan fingerprint density at radius 2 is 2.07 bits per heavy atom. The number of benzene rings is 1. The summed E-state index contributed by atoms with van der Waals surface area (Å²) in [5.41, 5.74) is -0.194. The summed E-state index contributed by atoms with van der Waals surface area (Å²) in [5, 5.41) is 19.6. The molecule has 3 N–H and O–H groups in total. The average Bonchev–Trinajstić information content (AvgIpc) is 3.03. The zero-order valence-electron chi connectivity index (χ0n) is 15.8. The number of aryl methyl sites for hydroxylation is 2. The molecule has 0 aliphatic rings. The largest absolute Gasteiger partial charge is 0.491 e. The lowest BCUT2D eigenvalue weighted by Gasteiger charge is -2.16. The molecule has 2 aromatic heterocycles. The number of ether oxygens (including phenoxy) is 1. The van der Waals surface area contributed by atoms with Crippen LogP contribution in [-0.4, -0.2) is 53.7 Å². The molecular weight excluding hydrogens is 400 g/mol. The van der Waals surface area contributed by atoms with Crippen molar-refractivity contribution in [1.82, 2.24) is 19.1 Å². The van der Waals surface area contributed by atoms with Crippen LogP contribution in [0.4, 0.5) is 0 Å². The summed E-state index contributed by atoms with van der Waals surface area (Å²) in [7, 11) is 1.45. The van der Waals surface area contributed by atoms with Crippen molar-refractivity contribution in [1.29, 1.82) is 0 Å². The number of thioether (sulfide) groups is 1. The number of carboxylic acids is 1. The molecule has 0 saturated carbocycles. The molecule has 1 atom stereocenters. The first-order valence-corrected chi connectivity index (χ1v) is 9.67. The molecule has 11 heteroatoms. The van der Waals surface area contributed by atoms with E-state index in [1.54, 1.807) is 6.07 Å². The molecule has 10 nitrogen and oxygen atoms in total. The van der Waals surface area contributed by atoms with E-state index in [9.17, 15) is 19.5 Å². The monoisotopic (exact) mass is 420 g/mol. The first-order valence-electron chi connectivity index (χ1n) is 8.68. The summed E-state index contributed by atoms with van der Waals surface area (Å²) in [4.78, 5) is 41.6. The van der Waals surface area contributed by atoms with Gasteiger partial charge in [-0.25, -0.2) is 9.78 Å². The number of carbonyl (C=O) groups is 1. The van der Waals surface area contributed by atoms with Gasteiger partial charge in [-0.1, -0.05) is 30.0 Å². The maximum atomic E-state index is 12.4. The van der Waals surface area contributed by atoms with Gasteiger partial charge < -0.3 is 19.5 Å². The normalized spacial score (nSPS) is 12.2. The Morgan fingerprint density at radius 1 is 1.34 bits per heavy atom. The van der Waals surface area contributed by atoms with Crippen molar-refractivity contribution in [2.45, 2.75) is 24.7 Å². The van der Waals surface area contributed by atoms with Crippen LogP contribution in [0.1, 0.15) is 5.56 Å². The van der Waals surface area contributed by atoms with E-state index >= 15 is 0 Å². The van der Waals surface area contributed by atoms with Crippen LogP contribution in [-0.2, 0) is 18.4 Å². The van der Waals surface area contributed by atoms with Gasteiger partial charge in [-0.3, -0.25) is 19.1 Å². The molecule has 0 fully saturated rings. The number of aromatic amines is 1. The number of hydrogen-bond donors (Lipinski definition) is 3. The highest BCUT2D eigenvalue weighted by Crippen LogP contribution is 2.22. The molecule has 0 aliphatic carbocycles. The second-order valence-corrected chi connectivity index (χ2v) is 7.35. The van der Waals surface area contributed by atoms with E-state index in [0.717, 1.165) is 21.9 Å². The van der Waals surface area contributed by atoms with Crippen LogP contribution >= 0.6 is 11.8 Å². The molecule has 0 amide bonds. The minimum atomic E-state index is -1.06. The number of hydrogen-bond acceptors (Lipinski definition) is 7. The van der Waals surface area contributed by atoms with Gasteiger partial charge in [-0.2, -0.15) is 0 Å². The summed E-state index contributed by atoms with van der Waals surface area (Å²) in [6.45, 7) is 1.77. The molecule has 0 unspecified atom stereocenters. The van der Waals surface area contributed by atoms with Gasteiger partial charge in [-0.05, 0) is 18.6 Å². The van der Waals surface area contributed by atoms with Crippen LogP contribution in [0, 0.1) is 6.92 Å². The Bertz CT molecular complexity index is 1170. The zero-order chi connectivity index (χ0) is 21.1. The minimum Gasteiger partial charge on any atom is -0.491 e. The number of aliphatic hydroxyl groups is 1. The minimum absolute atomic E-state index is 0.0444. The second kappa shape index (κ2) is 8.53. The number of aliphatic carboxylic acids is 1. The molecule has 3 rings (SSSR count). The molecular formula is C18H20N4O6S. The lowest BCUT2D eigenvalue weighted by molar-refractivity contribution is -0.133. The van der Waals surface area contributed by atoms with Crippen molar-refractivity contribution in [3.63, 3.8) is 0 Å². The van der Waals surface area contributed by atoms with Gasteiger partial charge in [0.15, 0.2) is 16.3 Å². The molecule has 0 bridgehead atoms. The summed E-state index contributed by atoms with van der Waals surface area (Å²) in [6.07, 6.45) is -1.01. The van der Waals surface area contributed by atoms with Crippen molar-refractivity contribution in [3.05, 3.63) is 50.7 Å². The van der Waals surface area contributed by atoms with Crippen LogP contribution in [0.5, 0.6) is 5.75 Å². The van der Waals surface area contributed by atoms with E-state index in [1.165, 1.54) is 11.6 Å². The van der Waals surface area contributed by atoms with E-state index in [4.69, 9.17) is 9.84 Å². The zero-order valence-corrected chi connectivity index (χ0v) is 16.6. The quantitative estimate of drug-likeness (QED) is 0.444. The van der Waals surface area contributed by atoms with Crippen molar-refractivity contribution < 1.29 is 19.7 Å². The van der Waals surface area contributed by atoms with Gasteiger partial charge in [-0.15, -0.1) is 0 Å². The SMILES string of the molecule is Cc1ccccc1OC[C@H](O)Cn1c(SCC(=O)O)nc2c1c(=O)[nH]c(=O)n2C. The number of H-pyrrole nitrogens is 1. The Kier molecular flexibility index (Phi) is 6.09. The van der Waals surface area contributed by atoms with E-state index < -0.39 is 23.3 Å². The van der Waals surface area contributed by atoms with E-state index in [-0.39, 0.29) is 35.2 Å². The Morgan fingerprint density at radius 3 is 2.76 bits per heavy atom. The second-order valence-electron chi connectivity index (χ2n) is 6.41. The summed E-state index contributed by atoms with van der Waals surface area (Å²) < 4.78 is 8.22. The third-order valence-corrected chi connectivity index (χ3v) is 5.18. The molecule has 1 aromatic carbocycles. The first-order chi connectivity index (χ1) is 13.8. The number of rotatable bonds is 8. The first kappa shape index (κ1) is 20.7. The fourth-order valence-corrected chi connectivity index (χ4v) is 3.51. The maximum Gasteiger partial charge on any atom is 0.329 e. The van der Waals surface area contributed by atoms with Crippen molar-refractivity contribution in [2.24, 2.45) is 7.05 Å². The van der Waals surface area contributed by atoms with Gasteiger partial charge in [0.1, 0.15) is 18.5 Å². The fourth-order valence-electron chi connectivity index (χ4n) is 2.79. The number of aromatic nitrogens is 4. The van der Waals surface area contributed by atoms with E-state index in [2.05, 4.69) is 9.97 Å². The fraction of sp³-hybridized carbons (Fsp3) is 0.333. The predicted molar refractivity (Wildman–Crippen MR) is 107 cm³/mol. The van der Waals surface area contributed by atoms with Crippen LogP contribution in [0.2, 0.25) is 0 Å². The number of carboxylic acid groups (broad SMARTS) is 1. The topological polar surface area (TPSA) is 139 Å². The average molecular weight is 420 g/mol. The Hall–Kier alpha value is -3.05. The molecule has 29 heavy (non-hydrogen) atoms. The Labute approximate surface area is 168 Å². The number of aliphatic hydroxyl groups excluding tert-OH is 1.